The summed E-state index contributed by atoms with van der Waals surface area (Å²) in [7, 11) is -3.57. The lowest BCUT2D eigenvalue weighted by Gasteiger charge is -2.50. The quantitative estimate of drug-likeness (QED) is 0.363. The van der Waals surface area contributed by atoms with Gasteiger partial charge in [0.15, 0.2) is 5.82 Å². The van der Waals surface area contributed by atoms with Crippen molar-refractivity contribution in [2.24, 2.45) is 5.92 Å². The Morgan fingerprint density at radius 3 is 2.68 bits per heavy atom. The molecule has 3 saturated heterocycles. The largest absolute Gasteiger partial charge is 0.390 e. The fourth-order valence-corrected chi connectivity index (χ4v) is 7.90. The Bertz CT molecular complexity index is 1430. The summed E-state index contributed by atoms with van der Waals surface area (Å²) in [6.07, 6.45) is 5.78. The average Bonchev–Trinajstić information content (AvgIpc) is 3.30. The lowest BCUT2D eigenvalue weighted by molar-refractivity contribution is 0.0984. The highest BCUT2D eigenvalue weighted by molar-refractivity contribution is 7.86. The van der Waals surface area contributed by atoms with E-state index in [4.69, 9.17) is 10.2 Å². The smallest absolute Gasteiger partial charge is 0.282 e. The zero-order valence-corrected chi connectivity index (χ0v) is 21.0. The Balaban J connectivity index is 1.22. The molecule has 3 aromatic rings. The fraction of sp³-hybridized carbons (Fsp3) is 0.500. The van der Waals surface area contributed by atoms with E-state index < -0.39 is 10.2 Å². The van der Waals surface area contributed by atoms with Crippen LogP contribution < -0.4 is 10.6 Å². The van der Waals surface area contributed by atoms with Crippen LogP contribution in [0.4, 0.5) is 17.5 Å². The molecule has 6 heterocycles. The topological polar surface area (TPSA) is 163 Å². The molecule has 13 heteroatoms. The minimum atomic E-state index is -3.57. The number of nitrogens with zero attached hydrogens (tertiary/aromatic N) is 6. The number of pyridine rings is 2. The van der Waals surface area contributed by atoms with E-state index in [9.17, 15) is 13.5 Å². The van der Waals surface area contributed by atoms with Crippen LogP contribution >= 0.6 is 0 Å². The van der Waals surface area contributed by atoms with E-state index in [1.54, 1.807) is 16.6 Å². The zero-order valence-electron chi connectivity index (χ0n) is 20.2. The first-order chi connectivity index (χ1) is 17.9. The van der Waals surface area contributed by atoms with Crippen molar-refractivity contribution in [3.8, 4) is 6.07 Å². The first kappa shape index (κ1) is 24.1. The van der Waals surface area contributed by atoms with Gasteiger partial charge < -0.3 is 15.7 Å². The van der Waals surface area contributed by atoms with Crippen molar-refractivity contribution in [1.29, 1.82) is 5.26 Å². The van der Waals surface area contributed by atoms with Gasteiger partial charge in [-0.25, -0.2) is 4.98 Å². The lowest BCUT2D eigenvalue weighted by Crippen LogP contribution is -2.63. The van der Waals surface area contributed by atoms with E-state index in [1.165, 1.54) is 4.31 Å². The first-order valence-corrected chi connectivity index (χ1v) is 14.0. The highest BCUT2D eigenvalue weighted by Crippen LogP contribution is 2.39. The summed E-state index contributed by atoms with van der Waals surface area (Å²) in [6.45, 7) is 0.436. The third-order valence-electron chi connectivity index (χ3n) is 7.53. The number of hydrogen-bond acceptors (Lipinski definition) is 9. The van der Waals surface area contributed by atoms with Crippen molar-refractivity contribution in [2.75, 3.05) is 23.7 Å². The van der Waals surface area contributed by atoms with Crippen LogP contribution in [-0.4, -0.2) is 73.5 Å². The number of rotatable bonds is 7. The van der Waals surface area contributed by atoms with Gasteiger partial charge in [0.2, 0.25) is 0 Å². The number of aromatic amines is 1. The van der Waals surface area contributed by atoms with E-state index in [-0.39, 0.29) is 43.7 Å². The minimum absolute atomic E-state index is 0.0675. The second-order valence-corrected chi connectivity index (χ2v) is 11.9. The molecule has 3 aromatic heterocycles. The number of aliphatic hydroxyl groups is 1. The standard InChI is InChI=1S/C24H29N9O3S/c25-11-15-12-32(13-15)37(35,36)33-18-3-1-4-19(33)8-16(7-18)27-22-10-21-20(5-2-6-26-21)24(28-22)29-23-9-17(14-34)30-31-23/h2,5-6,9-10,15-16,18-19,34H,1,3-4,7-8,12-14H2,(H3,27,28,29,30,31)/t16?,18-,19+. The van der Waals surface area contributed by atoms with Crippen molar-refractivity contribution >= 4 is 38.6 Å². The molecule has 4 N–H and O–H groups in total. The summed E-state index contributed by atoms with van der Waals surface area (Å²) in [4.78, 5) is 9.31. The molecule has 3 aliphatic heterocycles. The molecule has 0 aliphatic carbocycles. The van der Waals surface area contributed by atoms with E-state index >= 15 is 0 Å². The van der Waals surface area contributed by atoms with Crippen LogP contribution in [0, 0.1) is 17.2 Å². The van der Waals surface area contributed by atoms with Crippen LogP contribution in [0.15, 0.2) is 30.5 Å². The zero-order chi connectivity index (χ0) is 25.6. The molecule has 0 radical (unpaired) electrons. The van der Waals surface area contributed by atoms with Gasteiger partial charge in [0.05, 0.1) is 29.8 Å². The third kappa shape index (κ3) is 4.50. The molecule has 1 unspecified atom stereocenters. The Labute approximate surface area is 214 Å². The summed E-state index contributed by atoms with van der Waals surface area (Å²) in [5, 5.41) is 33.0. The Morgan fingerprint density at radius 1 is 1.19 bits per heavy atom. The number of hydrogen-bond donors (Lipinski definition) is 4. The monoisotopic (exact) mass is 523 g/mol. The second-order valence-electron chi connectivity index (χ2n) is 10.0. The molecule has 0 saturated carbocycles. The number of anilines is 3. The van der Waals surface area contributed by atoms with Gasteiger partial charge in [-0.1, -0.05) is 6.42 Å². The number of fused-ring (bicyclic) bond motifs is 3. The average molecular weight is 524 g/mol. The van der Waals surface area contributed by atoms with Crippen LogP contribution in [0.25, 0.3) is 10.9 Å². The Hall–Kier alpha value is -3.31. The molecule has 6 rings (SSSR count). The van der Waals surface area contributed by atoms with Gasteiger partial charge in [0, 0.05) is 54.9 Å². The van der Waals surface area contributed by atoms with Gasteiger partial charge in [-0.2, -0.15) is 27.4 Å². The lowest BCUT2D eigenvalue weighted by atomic mass is 9.84. The highest BCUT2D eigenvalue weighted by Gasteiger charge is 2.49. The molecule has 0 amide bonds. The number of piperidine rings is 2. The highest BCUT2D eigenvalue weighted by atomic mass is 32.2. The first-order valence-electron chi connectivity index (χ1n) is 12.6. The maximum atomic E-state index is 13.4. The van der Waals surface area contributed by atoms with Crippen LogP contribution in [-0.2, 0) is 16.8 Å². The molecule has 0 aromatic carbocycles. The van der Waals surface area contributed by atoms with Crippen molar-refractivity contribution < 1.29 is 13.5 Å². The number of nitrogens with one attached hydrogen (secondary N) is 3. The van der Waals surface area contributed by atoms with Crippen molar-refractivity contribution in [3.63, 3.8) is 0 Å². The van der Waals surface area contributed by atoms with E-state index in [2.05, 4.69) is 31.9 Å². The summed E-state index contributed by atoms with van der Waals surface area (Å²) in [6, 6.07) is 9.48. The van der Waals surface area contributed by atoms with Gasteiger partial charge >= 0.3 is 0 Å². The van der Waals surface area contributed by atoms with Gasteiger partial charge in [-0.05, 0) is 37.8 Å². The van der Waals surface area contributed by atoms with Gasteiger partial charge in [-0.15, -0.1) is 0 Å². The normalized spacial score (nSPS) is 24.9. The Morgan fingerprint density at radius 2 is 1.97 bits per heavy atom. The van der Waals surface area contributed by atoms with Gasteiger partial charge in [0.1, 0.15) is 11.6 Å². The molecular weight excluding hydrogens is 494 g/mol. The van der Waals surface area contributed by atoms with Crippen LogP contribution in [0.2, 0.25) is 0 Å². The van der Waals surface area contributed by atoms with Crippen molar-refractivity contribution in [1.82, 2.24) is 28.8 Å². The molecule has 194 valence electrons. The van der Waals surface area contributed by atoms with E-state index in [1.807, 2.05) is 18.2 Å². The van der Waals surface area contributed by atoms with Gasteiger partial charge in [0.25, 0.3) is 10.2 Å². The molecule has 2 bridgehead atoms. The predicted octanol–water partition coefficient (Wildman–Crippen LogP) is 2.09. The molecule has 3 aliphatic rings. The SMILES string of the molecule is N#CC1CN(S(=O)(=O)N2[C@@H]3CCC[C@H]2CC(Nc2cc4ncccc4c(Nc4cc(CO)[nH]n4)n2)C3)C1. The summed E-state index contributed by atoms with van der Waals surface area (Å²) in [5.74, 6) is 1.58. The molecule has 12 nitrogen and oxygen atoms in total. The summed E-state index contributed by atoms with van der Waals surface area (Å²) in [5.41, 5.74) is 1.36. The van der Waals surface area contributed by atoms with Gasteiger partial charge in [-0.3, -0.25) is 10.1 Å². The maximum Gasteiger partial charge on any atom is 0.282 e. The molecule has 0 spiro atoms. The van der Waals surface area contributed by atoms with Crippen LogP contribution in [0.1, 0.15) is 37.8 Å². The molecule has 3 atom stereocenters. The number of aromatic nitrogens is 4. The minimum Gasteiger partial charge on any atom is -0.390 e. The van der Waals surface area contributed by atoms with E-state index in [0.29, 0.717) is 36.0 Å². The Kier molecular flexibility index (Phi) is 6.20. The van der Waals surface area contributed by atoms with Crippen molar-refractivity contribution in [2.45, 2.75) is 56.8 Å². The third-order valence-corrected chi connectivity index (χ3v) is 9.61. The number of H-pyrrole nitrogens is 1. The molecular formula is C24H29N9O3S. The van der Waals surface area contributed by atoms with Crippen molar-refractivity contribution in [3.05, 3.63) is 36.2 Å². The fourth-order valence-electron chi connectivity index (χ4n) is 5.76. The van der Waals surface area contributed by atoms with E-state index in [0.717, 1.165) is 30.2 Å². The number of nitriles is 1. The molecule has 3 fully saturated rings. The maximum absolute atomic E-state index is 13.4. The van der Waals surface area contributed by atoms with Crippen LogP contribution in [0.5, 0.6) is 0 Å². The summed E-state index contributed by atoms with van der Waals surface area (Å²) >= 11 is 0. The second kappa shape index (κ2) is 9.53. The van der Waals surface area contributed by atoms with Crippen LogP contribution in [0.3, 0.4) is 0 Å². The number of aliphatic hydroxyl groups excluding tert-OH is 1. The molecule has 37 heavy (non-hydrogen) atoms. The summed E-state index contributed by atoms with van der Waals surface area (Å²) < 4.78 is 29.9. The predicted molar refractivity (Wildman–Crippen MR) is 137 cm³/mol.